The molecule has 128 valence electrons. The summed E-state index contributed by atoms with van der Waals surface area (Å²) in [6, 6.07) is 16.9. The Kier molecular flexibility index (Phi) is 3.92. The number of hydrogen-bond acceptors (Lipinski definition) is 3. The van der Waals surface area contributed by atoms with Crippen LogP contribution in [0.2, 0.25) is 0 Å². The Morgan fingerprint density at radius 1 is 1.04 bits per heavy atom. The van der Waals surface area contributed by atoms with E-state index in [1.165, 1.54) is 4.90 Å². The summed E-state index contributed by atoms with van der Waals surface area (Å²) in [5, 5.41) is 2.96. The average molecular weight is 336 g/mol. The molecule has 0 unspecified atom stereocenters. The molecule has 1 aliphatic carbocycles. The van der Waals surface area contributed by atoms with E-state index < -0.39 is 5.54 Å². The minimum atomic E-state index is -0.904. The van der Waals surface area contributed by atoms with Crippen LogP contribution in [0.5, 0.6) is 5.75 Å². The highest BCUT2D eigenvalue weighted by Gasteiger charge is 2.53. The number of benzene rings is 2. The van der Waals surface area contributed by atoms with Crippen LogP contribution in [-0.2, 0) is 16.8 Å². The van der Waals surface area contributed by atoms with Gasteiger partial charge in [-0.05, 0) is 42.5 Å². The lowest BCUT2D eigenvalue weighted by Crippen LogP contribution is -2.46. The van der Waals surface area contributed by atoms with E-state index in [-0.39, 0.29) is 25.1 Å². The van der Waals surface area contributed by atoms with Gasteiger partial charge in [0, 0.05) is 0 Å². The molecule has 4 rings (SSSR count). The minimum absolute atomic E-state index is 0.165. The van der Waals surface area contributed by atoms with Gasteiger partial charge in [0.1, 0.15) is 17.9 Å². The predicted octanol–water partition coefficient (Wildman–Crippen LogP) is 2.85. The first-order valence-corrected chi connectivity index (χ1v) is 8.61. The summed E-state index contributed by atoms with van der Waals surface area (Å²) >= 11 is 0. The third-order valence-electron chi connectivity index (χ3n) is 4.98. The lowest BCUT2D eigenvalue weighted by Gasteiger charge is -2.33. The topological polar surface area (TPSA) is 58.6 Å². The van der Waals surface area contributed by atoms with Crippen molar-refractivity contribution in [1.29, 1.82) is 0 Å². The van der Waals surface area contributed by atoms with E-state index in [0.717, 1.165) is 29.7 Å². The molecular formula is C20H20N2O3. The van der Waals surface area contributed by atoms with Gasteiger partial charge in [-0.1, -0.05) is 42.5 Å². The van der Waals surface area contributed by atoms with Crippen LogP contribution in [0.4, 0.5) is 4.79 Å². The molecule has 0 bridgehead atoms. The number of imide groups is 1. The molecule has 1 saturated heterocycles. The van der Waals surface area contributed by atoms with Crippen LogP contribution < -0.4 is 10.1 Å². The summed E-state index contributed by atoms with van der Waals surface area (Å²) in [5.41, 5.74) is 1.18. The SMILES string of the molecule is O=C1N[C@@]2(CCCc3ccccc32)C(=O)N1CCOc1ccccc1. The number of carbonyl (C=O) groups is 2. The summed E-state index contributed by atoms with van der Waals surface area (Å²) in [5.74, 6) is 0.564. The highest BCUT2D eigenvalue weighted by molar-refractivity contribution is 6.07. The molecular weight excluding hydrogens is 316 g/mol. The quantitative estimate of drug-likeness (QED) is 0.874. The van der Waals surface area contributed by atoms with E-state index in [1.807, 2.05) is 54.6 Å². The molecule has 1 heterocycles. The van der Waals surface area contributed by atoms with Crippen LogP contribution in [0.15, 0.2) is 54.6 Å². The van der Waals surface area contributed by atoms with Crippen molar-refractivity contribution in [3.8, 4) is 5.75 Å². The van der Waals surface area contributed by atoms with Crippen LogP contribution in [-0.4, -0.2) is 30.0 Å². The van der Waals surface area contributed by atoms with E-state index in [2.05, 4.69) is 5.32 Å². The lowest BCUT2D eigenvalue weighted by molar-refractivity contribution is -0.132. The first kappa shape index (κ1) is 15.7. The maximum atomic E-state index is 13.1. The van der Waals surface area contributed by atoms with Crippen molar-refractivity contribution in [3.05, 3.63) is 65.7 Å². The highest BCUT2D eigenvalue weighted by Crippen LogP contribution is 2.39. The molecule has 2 aromatic rings. The third kappa shape index (κ3) is 2.65. The van der Waals surface area contributed by atoms with E-state index >= 15 is 0 Å². The molecule has 1 spiro atoms. The molecule has 1 N–H and O–H groups in total. The fourth-order valence-electron chi connectivity index (χ4n) is 3.79. The molecule has 1 atom stereocenters. The van der Waals surface area contributed by atoms with Gasteiger partial charge >= 0.3 is 6.03 Å². The van der Waals surface area contributed by atoms with Crippen molar-refractivity contribution < 1.29 is 14.3 Å². The smallest absolute Gasteiger partial charge is 0.325 e. The zero-order valence-corrected chi connectivity index (χ0v) is 13.9. The number of nitrogens with zero attached hydrogens (tertiary/aromatic N) is 1. The number of aryl methyl sites for hydroxylation is 1. The predicted molar refractivity (Wildman–Crippen MR) is 93.2 cm³/mol. The highest BCUT2D eigenvalue weighted by atomic mass is 16.5. The number of fused-ring (bicyclic) bond motifs is 2. The second-order valence-electron chi connectivity index (χ2n) is 6.46. The maximum absolute atomic E-state index is 13.1. The molecule has 0 radical (unpaired) electrons. The second kappa shape index (κ2) is 6.24. The van der Waals surface area contributed by atoms with E-state index in [0.29, 0.717) is 6.42 Å². The summed E-state index contributed by atoms with van der Waals surface area (Å²) in [7, 11) is 0. The van der Waals surface area contributed by atoms with Crippen molar-refractivity contribution in [3.63, 3.8) is 0 Å². The molecule has 0 saturated carbocycles. The van der Waals surface area contributed by atoms with Gasteiger partial charge < -0.3 is 10.1 Å². The Bertz CT molecular complexity index is 806. The van der Waals surface area contributed by atoms with Crippen LogP contribution in [0, 0.1) is 0 Å². The average Bonchev–Trinajstić information content (AvgIpc) is 2.88. The number of urea groups is 1. The lowest BCUT2D eigenvalue weighted by atomic mass is 9.76. The van der Waals surface area contributed by atoms with Crippen LogP contribution >= 0.6 is 0 Å². The number of amides is 3. The first-order valence-electron chi connectivity index (χ1n) is 8.61. The van der Waals surface area contributed by atoms with E-state index in [4.69, 9.17) is 4.74 Å². The van der Waals surface area contributed by atoms with Gasteiger partial charge in [0.25, 0.3) is 5.91 Å². The molecule has 25 heavy (non-hydrogen) atoms. The molecule has 5 heteroatoms. The van der Waals surface area contributed by atoms with Gasteiger partial charge in [0.15, 0.2) is 0 Å². The molecule has 2 aromatic carbocycles. The number of nitrogens with one attached hydrogen (secondary N) is 1. The normalized spacial score (nSPS) is 22.0. The van der Waals surface area contributed by atoms with Crippen LogP contribution in [0.25, 0.3) is 0 Å². The monoisotopic (exact) mass is 336 g/mol. The molecule has 1 aliphatic heterocycles. The fourth-order valence-corrected chi connectivity index (χ4v) is 3.79. The fraction of sp³-hybridized carbons (Fsp3) is 0.300. The van der Waals surface area contributed by atoms with Gasteiger partial charge in [-0.2, -0.15) is 0 Å². The van der Waals surface area contributed by atoms with E-state index in [9.17, 15) is 9.59 Å². The van der Waals surface area contributed by atoms with Gasteiger partial charge in [0.05, 0.1) is 6.54 Å². The Labute approximate surface area is 146 Å². The van der Waals surface area contributed by atoms with Crippen molar-refractivity contribution in [2.75, 3.05) is 13.2 Å². The molecule has 2 aliphatic rings. The van der Waals surface area contributed by atoms with Crippen LogP contribution in [0.1, 0.15) is 24.0 Å². The largest absolute Gasteiger partial charge is 0.492 e. The molecule has 5 nitrogen and oxygen atoms in total. The number of carbonyl (C=O) groups excluding carboxylic acids is 2. The maximum Gasteiger partial charge on any atom is 0.325 e. The van der Waals surface area contributed by atoms with Gasteiger partial charge in [-0.15, -0.1) is 0 Å². The molecule has 0 aromatic heterocycles. The Morgan fingerprint density at radius 3 is 2.64 bits per heavy atom. The van der Waals surface area contributed by atoms with Crippen molar-refractivity contribution in [2.24, 2.45) is 0 Å². The molecule has 1 fully saturated rings. The Hall–Kier alpha value is -2.82. The van der Waals surface area contributed by atoms with Crippen LogP contribution in [0.3, 0.4) is 0 Å². The molecule has 3 amide bonds. The number of ether oxygens (including phenoxy) is 1. The van der Waals surface area contributed by atoms with Gasteiger partial charge in [-0.25, -0.2) is 4.79 Å². The number of para-hydroxylation sites is 1. The zero-order valence-electron chi connectivity index (χ0n) is 13.9. The number of hydrogen-bond donors (Lipinski definition) is 1. The zero-order chi connectivity index (χ0) is 17.3. The Morgan fingerprint density at radius 2 is 1.80 bits per heavy atom. The first-order chi connectivity index (χ1) is 12.2. The Balaban J connectivity index is 1.51. The summed E-state index contributed by atoms with van der Waals surface area (Å²) in [6.45, 7) is 0.518. The summed E-state index contributed by atoms with van der Waals surface area (Å²) < 4.78 is 5.64. The third-order valence-corrected chi connectivity index (χ3v) is 4.98. The standard InChI is InChI=1S/C20H20N2O3/c23-18-20(12-6-8-15-7-4-5-11-17(15)20)21-19(24)22(18)13-14-25-16-9-2-1-3-10-16/h1-5,7,9-11H,6,8,12-14H2,(H,21,24)/t20-/m1/s1. The summed E-state index contributed by atoms with van der Waals surface area (Å²) in [6.07, 6.45) is 2.47. The van der Waals surface area contributed by atoms with Gasteiger partial charge in [-0.3, -0.25) is 9.69 Å². The van der Waals surface area contributed by atoms with E-state index in [1.54, 1.807) is 0 Å². The number of rotatable bonds is 4. The minimum Gasteiger partial charge on any atom is -0.492 e. The van der Waals surface area contributed by atoms with Crippen molar-refractivity contribution in [1.82, 2.24) is 10.2 Å². The van der Waals surface area contributed by atoms with Gasteiger partial charge in [0.2, 0.25) is 0 Å². The second-order valence-corrected chi connectivity index (χ2v) is 6.46. The van der Waals surface area contributed by atoms with Crippen molar-refractivity contribution >= 4 is 11.9 Å². The summed E-state index contributed by atoms with van der Waals surface area (Å²) in [4.78, 5) is 26.8. The van der Waals surface area contributed by atoms with Crippen molar-refractivity contribution in [2.45, 2.75) is 24.8 Å².